The van der Waals surface area contributed by atoms with E-state index in [1.54, 1.807) is 6.07 Å². The first-order valence-corrected chi connectivity index (χ1v) is 7.52. The Bertz CT molecular complexity index is 873. The van der Waals surface area contributed by atoms with Crippen LogP contribution in [0.15, 0.2) is 29.4 Å². The molecule has 0 atom stereocenters. The lowest BCUT2D eigenvalue weighted by molar-refractivity contribution is 0.609. The van der Waals surface area contributed by atoms with Gasteiger partial charge in [-0.2, -0.15) is 0 Å². The van der Waals surface area contributed by atoms with E-state index in [0.29, 0.717) is 16.4 Å². The van der Waals surface area contributed by atoms with Gasteiger partial charge in [-0.05, 0) is 18.2 Å². The Morgan fingerprint density at radius 2 is 2.00 bits per heavy atom. The Morgan fingerprint density at radius 3 is 2.72 bits per heavy atom. The molecule has 0 saturated carbocycles. The number of hydrogen-bond acceptors (Lipinski definition) is 4. The van der Waals surface area contributed by atoms with Crippen molar-refractivity contribution in [3.63, 3.8) is 0 Å². The number of hydrogen-bond donors (Lipinski definition) is 1. The van der Waals surface area contributed by atoms with Crippen molar-refractivity contribution < 1.29 is 8.42 Å². The van der Waals surface area contributed by atoms with Crippen molar-refractivity contribution in [2.75, 3.05) is 0 Å². The molecule has 18 heavy (non-hydrogen) atoms. The largest absolute Gasteiger partial charge is 0.351 e. The van der Waals surface area contributed by atoms with Gasteiger partial charge in [0.25, 0.3) is 9.05 Å². The molecule has 0 saturated heterocycles. The Hall–Kier alpha value is -1.37. The summed E-state index contributed by atoms with van der Waals surface area (Å²) in [5.41, 5.74) is 1.85. The molecular formula is C10H5Cl2N3O2S. The summed E-state index contributed by atoms with van der Waals surface area (Å²) in [5.74, 6) is 0. The first kappa shape index (κ1) is 11.7. The highest BCUT2D eigenvalue weighted by Gasteiger charge is 2.14. The van der Waals surface area contributed by atoms with Crippen molar-refractivity contribution >= 4 is 53.3 Å². The first-order valence-electron chi connectivity index (χ1n) is 4.83. The van der Waals surface area contributed by atoms with E-state index in [2.05, 4.69) is 15.0 Å². The highest BCUT2D eigenvalue weighted by Crippen LogP contribution is 2.29. The summed E-state index contributed by atoms with van der Waals surface area (Å²) in [7, 11) is 1.54. The van der Waals surface area contributed by atoms with Gasteiger partial charge in [0.2, 0.25) is 0 Å². The molecule has 5 nitrogen and oxygen atoms in total. The number of aromatic nitrogens is 3. The normalized spacial score (nSPS) is 12.3. The number of rotatable bonds is 1. The summed E-state index contributed by atoms with van der Waals surface area (Å²) in [6.45, 7) is 0. The Labute approximate surface area is 111 Å². The van der Waals surface area contributed by atoms with E-state index in [1.165, 1.54) is 18.5 Å². The summed E-state index contributed by atoms with van der Waals surface area (Å²) in [6, 6.07) is 4.49. The van der Waals surface area contributed by atoms with Crippen molar-refractivity contribution in [3.8, 4) is 0 Å². The molecule has 0 amide bonds. The predicted molar refractivity (Wildman–Crippen MR) is 69.4 cm³/mol. The number of nitrogens with zero attached hydrogens (tertiary/aromatic N) is 2. The summed E-state index contributed by atoms with van der Waals surface area (Å²) in [6.07, 6.45) is 1.32. The number of nitrogens with one attached hydrogen (secondary N) is 1. The van der Waals surface area contributed by atoms with Crippen LogP contribution in [0.3, 0.4) is 0 Å². The van der Waals surface area contributed by atoms with Crippen LogP contribution in [0.1, 0.15) is 0 Å². The Kier molecular flexibility index (Phi) is 2.48. The van der Waals surface area contributed by atoms with Crippen LogP contribution in [-0.2, 0) is 9.05 Å². The molecule has 1 N–H and O–H groups in total. The number of fused-ring (bicyclic) bond motifs is 3. The summed E-state index contributed by atoms with van der Waals surface area (Å²) in [5, 5.41) is 0.919. The number of H-pyrrole nitrogens is 1. The molecule has 0 spiro atoms. The van der Waals surface area contributed by atoms with Crippen LogP contribution in [0.5, 0.6) is 0 Å². The van der Waals surface area contributed by atoms with E-state index in [9.17, 15) is 8.42 Å². The zero-order chi connectivity index (χ0) is 12.9. The van der Waals surface area contributed by atoms with Gasteiger partial charge in [-0.15, -0.1) is 0 Å². The topological polar surface area (TPSA) is 75.7 Å². The number of aromatic amines is 1. The average molecular weight is 302 g/mol. The lowest BCUT2D eigenvalue weighted by Gasteiger charge is -1.96. The summed E-state index contributed by atoms with van der Waals surface area (Å²) < 4.78 is 22.6. The lowest BCUT2D eigenvalue weighted by Crippen LogP contribution is -1.89. The van der Waals surface area contributed by atoms with E-state index >= 15 is 0 Å². The minimum absolute atomic E-state index is 0.0206. The van der Waals surface area contributed by atoms with Crippen molar-refractivity contribution in [2.24, 2.45) is 0 Å². The zero-order valence-corrected chi connectivity index (χ0v) is 11.0. The standard InChI is InChI=1S/C10H5Cl2N3O2S/c11-10-9-8(13-4-14-10)6-3-5(18(12,16)17)1-2-7(6)15-9/h1-4,15H. The van der Waals surface area contributed by atoms with Crippen LogP contribution in [0.4, 0.5) is 0 Å². The second-order valence-electron chi connectivity index (χ2n) is 3.66. The second-order valence-corrected chi connectivity index (χ2v) is 6.58. The molecular weight excluding hydrogens is 297 g/mol. The van der Waals surface area contributed by atoms with Gasteiger partial charge in [-0.1, -0.05) is 11.6 Å². The molecule has 0 unspecified atom stereocenters. The molecule has 2 aromatic heterocycles. The minimum Gasteiger partial charge on any atom is -0.351 e. The van der Waals surface area contributed by atoms with Crippen molar-refractivity contribution in [1.82, 2.24) is 15.0 Å². The number of benzene rings is 1. The van der Waals surface area contributed by atoms with E-state index in [1.807, 2.05) is 0 Å². The smallest absolute Gasteiger partial charge is 0.261 e. The van der Waals surface area contributed by atoms with Crippen molar-refractivity contribution in [2.45, 2.75) is 4.90 Å². The third-order valence-electron chi connectivity index (χ3n) is 2.59. The van der Waals surface area contributed by atoms with E-state index in [4.69, 9.17) is 22.3 Å². The molecule has 0 aliphatic carbocycles. The van der Waals surface area contributed by atoms with Gasteiger partial charge in [0.05, 0.1) is 4.90 Å². The second kappa shape index (κ2) is 3.81. The Morgan fingerprint density at radius 1 is 1.22 bits per heavy atom. The quantitative estimate of drug-likeness (QED) is 0.554. The molecule has 0 aliphatic heterocycles. The van der Waals surface area contributed by atoms with Gasteiger partial charge >= 0.3 is 0 Å². The molecule has 3 aromatic rings. The fourth-order valence-corrected chi connectivity index (χ4v) is 2.75. The zero-order valence-electron chi connectivity index (χ0n) is 8.68. The van der Waals surface area contributed by atoms with Crippen LogP contribution < -0.4 is 0 Å². The molecule has 0 fully saturated rings. The average Bonchev–Trinajstić information content (AvgIpc) is 2.67. The van der Waals surface area contributed by atoms with Crippen LogP contribution in [0.25, 0.3) is 21.9 Å². The van der Waals surface area contributed by atoms with Crippen molar-refractivity contribution in [3.05, 3.63) is 29.7 Å². The van der Waals surface area contributed by atoms with Crippen molar-refractivity contribution in [1.29, 1.82) is 0 Å². The molecule has 0 aliphatic rings. The maximum atomic E-state index is 11.3. The molecule has 3 rings (SSSR count). The van der Waals surface area contributed by atoms with Gasteiger partial charge in [-0.3, -0.25) is 0 Å². The van der Waals surface area contributed by atoms with Crippen LogP contribution >= 0.6 is 22.3 Å². The van der Waals surface area contributed by atoms with E-state index < -0.39 is 9.05 Å². The van der Waals surface area contributed by atoms with Gasteiger partial charge in [-0.25, -0.2) is 18.4 Å². The highest BCUT2D eigenvalue weighted by atomic mass is 35.7. The third-order valence-corrected chi connectivity index (χ3v) is 4.23. The number of halogens is 2. The van der Waals surface area contributed by atoms with Crippen LogP contribution in [0, 0.1) is 0 Å². The van der Waals surface area contributed by atoms with Crippen LogP contribution in [0.2, 0.25) is 5.15 Å². The SMILES string of the molecule is O=S(=O)(Cl)c1ccc2[nH]c3c(Cl)ncnc3c2c1. The summed E-state index contributed by atoms with van der Waals surface area (Å²) in [4.78, 5) is 11.0. The fourth-order valence-electron chi connectivity index (χ4n) is 1.79. The van der Waals surface area contributed by atoms with E-state index in [-0.39, 0.29) is 10.0 Å². The first-order chi connectivity index (χ1) is 8.47. The molecule has 92 valence electrons. The molecule has 0 radical (unpaired) electrons. The minimum atomic E-state index is -3.77. The molecule has 0 bridgehead atoms. The molecule has 2 heterocycles. The fraction of sp³-hybridized carbons (Fsp3) is 0. The molecule has 8 heteroatoms. The lowest BCUT2D eigenvalue weighted by atomic mass is 10.2. The van der Waals surface area contributed by atoms with Gasteiger partial charge in [0, 0.05) is 21.6 Å². The monoisotopic (exact) mass is 301 g/mol. The van der Waals surface area contributed by atoms with Crippen LogP contribution in [-0.4, -0.2) is 23.4 Å². The molecule has 1 aromatic carbocycles. The third kappa shape index (κ3) is 1.73. The maximum Gasteiger partial charge on any atom is 0.261 e. The van der Waals surface area contributed by atoms with E-state index in [0.717, 1.165) is 5.52 Å². The maximum absolute atomic E-state index is 11.3. The Balaban J connectivity index is 2.47. The summed E-state index contributed by atoms with van der Waals surface area (Å²) >= 11 is 5.93. The predicted octanol–water partition coefficient (Wildman–Crippen LogP) is 2.69. The highest BCUT2D eigenvalue weighted by molar-refractivity contribution is 8.13. The van der Waals surface area contributed by atoms with Gasteiger partial charge in [0.15, 0.2) is 5.15 Å². The van der Waals surface area contributed by atoms with Gasteiger partial charge in [0.1, 0.15) is 17.4 Å². The van der Waals surface area contributed by atoms with Gasteiger partial charge < -0.3 is 4.98 Å².